The minimum absolute atomic E-state index is 0.349. The first-order chi connectivity index (χ1) is 7.22. The fourth-order valence-electron chi connectivity index (χ4n) is 2.34. The largest absolute Gasteiger partial charge is 0.382 e. The van der Waals surface area contributed by atoms with Gasteiger partial charge in [0.05, 0.1) is 6.10 Å². The van der Waals surface area contributed by atoms with Gasteiger partial charge in [0.15, 0.2) is 0 Å². The van der Waals surface area contributed by atoms with Crippen LogP contribution in [0.5, 0.6) is 0 Å². The zero-order valence-corrected chi connectivity index (χ0v) is 10.3. The molecule has 1 fully saturated rings. The van der Waals surface area contributed by atoms with E-state index in [1.54, 1.807) is 7.11 Å². The summed E-state index contributed by atoms with van der Waals surface area (Å²) in [6, 6.07) is 0. The topological polar surface area (TPSA) is 30.5 Å². The lowest BCUT2D eigenvalue weighted by Gasteiger charge is -2.39. The van der Waals surface area contributed by atoms with Crippen molar-refractivity contribution >= 4 is 0 Å². The molecule has 0 aromatic carbocycles. The summed E-state index contributed by atoms with van der Waals surface area (Å²) in [6.07, 6.45) is 3.81. The van der Waals surface area contributed by atoms with Gasteiger partial charge in [0.25, 0.3) is 0 Å². The van der Waals surface area contributed by atoms with Gasteiger partial charge in [-0.1, -0.05) is 6.92 Å². The van der Waals surface area contributed by atoms with E-state index in [0.29, 0.717) is 11.5 Å². The van der Waals surface area contributed by atoms with Gasteiger partial charge in [-0.05, 0) is 38.1 Å². The maximum absolute atomic E-state index is 5.45. The highest BCUT2D eigenvalue weighted by Crippen LogP contribution is 2.35. The third-order valence-corrected chi connectivity index (χ3v) is 3.43. The minimum atomic E-state index is 0.349. The Bertz CT molecular complexity index is 167. The van der Waals surface area contributed by atoms with Gasteiger partial charge in [0.2, 0.25) is 0 Å². The smallest absolute Gasteiger partial charge is 0.0549 e. The first kappa shape index (κ1) is 12.9. The van der Waals surface area contributed by atoms with Crippen LogP contribution in [0.15, 0.2) is 0 Å². The molecule has 0 saturated carbocycles. The zero-order chi connectivity index (χ0) is 11.1. The van der Waals surface area contributed by atoms with Crippen LogP contribution in [0.3, 0.4) is 0 Å². The first-order valence-electron chi connectivity index (χ1n) is 6.04. The molecule has 1 saturated heterocycles. The zero-order valence-electron chi connectivity index (χ0n) is 10.3. The quantitative estimate of drug-likeness (QED) is 0.733. The summed E-state index contributed by atoms with van der Waals surface area (Å²) >= 11 is 0. The normalized spacial score (nSPS) is 22.6. The van der Waals surface area contributed by atoms with Crippen LogP contribution in [0.25, 0.3) is 0 Å². The molecule has 0 spiro atoms. The number of nitrogens with one attached hydrogen (secondary N) is 1. The first-order valence-corrected chi connectivity index (χ1v) is 6.04. The van der Waals surface area contributed by atoms with Gasteiger partial charge in [-0.25, -0.2) is 0 Å². The summed E-state index contributed by atoms with van der Waals surface area (Å²) in [5.41, 5.74) is 0.393. The molecule has 1 atom stereocenters. The Morgan fingerprint density at radius 1 is 1.40 bits per heavy atom. The fraction of sp³-hybridized carbons (Fsp3) is 1.00. The van der Waals surface area contributed by atoms with Crippen molar-refractivity contribution in [3.05, 3.63) is 0 Å². The summed E-state index contributed by atoms with van der Waals surface area (Å²) in [4.78, 5) is 0. The summed E-state index contributed by atoms with van der Waals surface area (Å²) < 4.78 is 10.8. The summed E-state index contributed by atoms with van der Waals surface area (Å²) in [6.45, 7) is 8.27. The van der Waals surface area contributed by atoms with Gasteiger partial charge >= 0.3 is 0 Å². The lowest BCUT2D eigenvalue weighted by molar-refractivity contribution is -0.0185. The lowest BCUT2D eigenvalue weighted by atomic mass is 9.75. The summed E-state index contributed by atoms with van der Waals surface area (Å²) in [7, 11) is 1.80. The molecule has 0 aromatic rings. The van der Waals surface area contributed by atoms with Crippen LogP contribution in [0, 0.1) is 5.41 Å². The van der Waals surface area contributed by atoms with E-state index in [1.165, 1.54) is 0 Å². The van der Waals surface area contributed by atoms with Crippen molar-refractivity contribution in [3.8, 4) is 0 Å². The van der Waals surface area contributed by atoms with E-state index in [-0.39, 0.29) is 0 Å². The maximum atomic E-state index is 5.45. The molecule has 0 aliphatic carbocycles. The number of hydrogen-bond donors (Lipinski definition) is 1. The Kier molecular flexibility index (Phi) is 5.58. The van der Waals surface area contributed by atoms with E-state index < -0.39 is 0 Å². The SMILES string of the molecule is CCNCC1(CC(C)OC)CCOCC1. The number of rotatable bonds is 6. The van der Waals surface area contributed by atoms with Gasteiger partial charge in [-0.2, -0.15) is 0 Å². The molecular weight excluding hydrogens is 190 g/mol. The van der Waals surface area contributed by atoms with E-state index in [1.807, 2.05) is 0 Å². The molecule has 1 aliphatic heterocycles. The molecule has 1 unspecified atom stereocenters. The van der Waals surface area contributed by atoms with Gasteiger partial charge in [0.1, 0.15) is 0 Å². The Balaban J connectivity index is 2.49. The Labute approximate surface area is 93.5 Å². The van der Waals surface area contributed by atoms with Crippen LogP contribution in [0.1, 0.15) is 33.1 Å². The van der Waals surface area contributed by atoms with Crippen molar-refractivity contribution in [3.63, 3.8) is 0 Å². The molecule has 1 rings (SSSR count). The second kappa shape index (κ2) is 6.46. The van der Waals surface area contributed by atoms with Crippen LogP contribution in [-0.2, 0) is 9.47 Å². The van der Waals surface area contributed by atoms with E-state index in [9.17, 15) is 0 Å². The number of hydrogen-bond acceptors (Lipinski definition) is 3. The van der Waals surface area contributed by atoms with Crippen LogP contribution in [0.4, 0.5) is 0 Å². The van der Waals surface area contributed by atoms with E-state index in [4.69, 9.17) is 9.47 Å². The number of methoxy groups -OCH3 is 1. The van der Waals surface area contributed by atoms with Crippen LogP contribution >= 0.6 is 0 Å². The highest BCUT2D eigenvalue weighted by atomic mass is 16.5. The van der Waals surface area contributed by atoms with Crippen molar-refractivity contribution in [1.29, 1.82) is 0 Å². The molecule has 0 bridgehead atoms. The van der Waals surface area contributed by atoms with Gasteiger partial charge in [-0.15, -0.1) is 0 Å². The summed E-state index contributed by atoms with van der Waals surface area (Å²) in [5.74, 6) is 0. The van der Waals surface area contributed by atoms with E-state index >= 15 is 0 Å². The highest BCUT2D eigenvalue weighted by molar-refractivity contribution is 4.85. The molecule has 1 heterocycles. The van der Waals surface area contributed by atoms with Crippen molar-refractivity contribution in [2.24, 2.45) is 5.41 Å². The van der Waals surface area contributed by atoms with Gasteiger partial charge in [-0.3, -0.25) is 0 Å². The summed E-state index contributed by atoms with van der Waals surface area (Å²) in [5, 5.41) is 3.48. The molecule has 90 valence electrons. The molecular formula is C12H25NO2. The molecule has 1 aliphatic rings. The Morgan fingerprint density at radius 2 is 2.07 bits per heavy atom. The molecule has 0 amide bonds. The molecule has 15 heavy (non-hydrogen) atoms. The Morgan fingerprint density at radius 3 is 2.60 bits per heavy atom. The third kappa shape index (κ3) is 4.09. The monoisotopic (exact) mass is 215 g/mol. The standard InChI is InChI=1S/C12H25NO2/c1-4-13-10-12(9-11(2)14-3)5-7-15-8-6-12/h11,13H,4-10H2,1-3H3. The molecule has 0 radical (unpaired) electrons. The highest BCUT2D eigenvalue weighted by Gasteiger charge is 2.33. The van der Waals surface area contributed by atoms with Crippen molar-refractivity contribution in [1.82, 2.24) is 5.32 Å². The van der Waals surface area contributed by atoms with Crippen LogP contribution in [-0.4, -0.2) is 39.5 Å². The second-order valence-electron chi connectivity index (χ2n) is 4.64. The Hall–Kier alpha value is -0.120. The average molecular weight is 215 g/mol. The predicted octanol–water partition coefficient (Wildman–Crippen LogP) is 1.82. The van der Waals surface area contributed by atoms with E-state index in [2.05, 4.69) is 19.2 Å². The van der Waals surface area contributed by atoms with Crippen molar-refractivity contribution in [2.45, 2.75) is 39.2 Å². The van der Waals surface area contributed by atoms with Crippen LogP contribution in [0.2, 0.25) is 0 Å². The third-order valence-electron chi connectivity index (χ3n) is 3.43. The molecule has 1 N–H and O–H groups in total. The van der Waals surface area contributed by atoms with Crippen LogP contribution < -0.4 is 5.32 Å². The number of ether oxygens (including phenoxy) is 2. The molecule has 0 aromatic heterocycles. The van der Waals surface area contributed by atoms with Gasteiger partial charge < -0.3 is 14.8 Å². The van der Waals surface area contributed by atoms with Crippen molar-refractivity contribution < 1.29 is 9.47 Å². The maximum Gasteiger partial charge on any atom is 0.0549 e. The van der Waals surface area contributed by atoms with Gasteiger partial charge in [0, 0.05) is 26.9 Å². The minimum Gasteiger partial charge on any atom is -0.382 e. The lowest BCUT2D eigenvalue weighted by Crippen LogP contribution is -2.41. The van der Waals surface area contributed by atoms with E-state index in [0.717, 1.165) is 45.6 Å². The van der Waals surface area contributed by atoms with Crippen molar-refractivity contribution in [2.75, 3.05) is 33.4 Å². The molecule has 3 nitrogen and oxygen atoms in total. The fourth-order valence-corrected chi connectivity index (χ4v) is 2.34. The predicted molar refractivity (Wildman–Crippen MR) is 62.1 cm³/mol. The average Bonchev–Trinajstić information content (AvgIpc) is 2.27. The molecule has 3 heteroatoms. The second-order valence-corrected chi connectivity index (χ2v) is 4.64.